The van der Waals surface area contributed by atoms with E-state index in [1.807, 2.05) is 0 Å². The summed E-state index contributed by atoms with van der Waals surface area (Å²) in [5.41, 5.74) is 1.06. The fourth-order valence-electron chi connectivity index (χ4n) is 2.33. The Morgan fingerprint density at radius 1 is 1.16 bits per heavy atom. The first-order chi connectivity index (χ1) is 12.0. The van der Waals surface area contributed by atoms with E-state index < -0.39 is 14.9 Å². The fraction of sp³-hybridized carbons (Fsp3) is 0.133. The van der Waals surface area contributed by atoms with Crippen LogP contribution in [0.1, 0.15) is 0 Å². The molecule has 0 bridgehead atoms. The summed E-state index contributed by atoms with van der Waals surface area (Å²) >= 11 is 1.15. The molecule has 3 rings (SSSR count). The molecule has 0 spiro atoms. The van der Waals surface area contributed by atoms with Gasteiger partial charge in [0.2, 0.25) is 10.0 Å². The Bertz CT molecular complexity index is 1000. The van der Waals surface area contributed by atoms with E-state index in [1.54, 1.807) is 35.8 Å². The number of hydrogen-bond acceptors (Lipinski definition) is 7. The van der Waals surface area contributed by atoms with Crippen LogP contribution in [0.25, 0.3) is 10.9 Å². The van der Waals surface area contributed by atoms with Gasteiger partial charge < -0.3 is 5.32 Å². The predicted octanol–water partition coefficient (Wildman–Crippen LogP) is 2.59. The lowest BCUT2D eigenvalue weighted by molar-refractivity contribution is -0.383. The molecule has 2 heterocycles. The Balaban J connectivity index is 1.70. The highest BCUT2D eigenvalue weighted by molar-refractivity contribution is 7.91. The monoisotopic (exact) mass is 378 g/mol. The van der Waals surface area contributed by atoms with Crippen LogP contribution >= 0.6 is 11.3 Å². The molecule has 0 aliphatic rings. The van der Waals surface area contributed by atoms with E-state index in [0.717, 1.165) is 11.3 Å². The zero-order chi connectivity index (χ0) is 17.9. The van der Waals surface area contributed by atoms with E-state index in [9.17, 15) is 18.5 Å². The van der Waals surface area contributed by atoms with Crippen molar-refractivity contribution in [3.05, 3.63) is 58.1 Å². The van der Waals surface area contributed by atoms with E-state index in [4.69, 9.17) is 0 Å². The van der Waals surface area contributed by atoms with E-state index in [2.05, 4.69) is 15.0 Å². The Labute approximate surface area is 147 Å². The van der Waals surface area contributed by atoms with Gasteiger partial charge >= 0.3 is 0 Å². The number of hydrogen-bond donors (Lipinski definition) is 2. The average Bonchev–Trinajstić information content (AvgIpc) is 3.14. The molecule has 0 radical (unpaired) electrons. The number of thiophene rings is 1. The summed E-state index contributed by atoms with van der Waals surface area (Å²) in [6.45, 7) is 0.486. The van der Waals surface area contributed by atoms with Crippen LogP contribution in [0.4, 0.5) is 11.4 Å². The number of nitrogens with one attached hydrogen (secondary N) is 2. The first kappa shape index (κ1) is 17.3. The predicted molar refractivity (Wildman–Crippen MR) is 96.4 cm³/mol. The lowest BCUT2D eigenvalue weighted by atomic mass is 10.1. The minimum absolute atomic E-state index is 0.0213. The Kier molecular flexibility index (Phi) is 4.93. The molecule has 2 aromatic heterocycles. The second-order valence-electron chi connectivity index (χ2n) is 5.05. The summed E-state index contributed by atoms with van der Waals surface area (Å²) in [4.78, 5) is 14.8. The van der Waals surface area contributed by atoms with Crippen molar-refractivity contribution in [1.82, 2.24) is 9.71 Å². The summed E-state index contributed by atoms with van der Waals surface area (Å²) in [6.07, 6.45) is 1.55. The zero-order valence-electron chi connectivity index (χ0n) is 12.9. The number of nitrogens with zero attached hydrogens (tertiary/aromatic N) is 2. The van der Waals surface area contributed by atoms with Crippen molar-refractivity contribution in [2.75, 3.05) is 18.4 Å². The minimum atomic E-state index is -3.51. The van der Waals surface area contributed by atoms with Crippen molar-refractivity contribution < 1.29 is 13.3 Å². The third kappa shape index (κ3) is 3.76. The maximum atomic E-state index is 12.0. The Hall–Kier alpha value is -2.56. The second-order valence-corrected chi connectivity index (χ2v) is 7.99. The van der Waals surface area contributed by atoms with Crippen molar-refractivity contribution in [3.8, 4) is 0 Å². The smallest absolute Gasteiger partial charge is 0.278 e. The number of non-ortho nitro benzene ring substituents is 1. The van der Waals surface area contributed by atoms with E-state index in [-0.39, 0.29) is 16.4 Å². The molecule has 0 aliphatic carbocycles. The number of pyridine rings is 1. The summed E-state index contributed by atoms with van der Waals surface area (Å²) in [5, 5.41) is 16.3. The fourth-order valence-corrected chi connectivity index (χ4v) is 4.40. The van der Waals surface area contributed by atoms with Gasteiger partial charge in [-0.1, -0.05) is 6.07 Å². The third-order valence-corrected chi connectivity index (χ3v) is 6.29. The van der Waals surface area contributed by atoms with Crippen molar-refractivity contribution in [2.24, 2.45) is 0 Å². The number of fused-ring (bicyclic) bond motifs is 1. The molecular formula is C15H14N4O4S2. The van der Waals surface area contributed by atoms with Gasteiger partial charge in [-0.3, -0.25) is 15.1 Å². The number of nitro groups is 1. The molecule has 0 saturated carbocycles. The van der Waals surface area contributed by atoms with Gasteiger partial charge in [-0.25, -0.2) is 13.1 Å². The Morgan fingerprint density at radius 2 is 2.00 bits per heavy atom. The summed E-state index contributed by atoms with van der Waals surface area (Å²) < 4.78 is 26.8. The van der Waals surface area contributed by atoms with Gasteiger partial charge in [0.25, 0.3) is 5.69 Å². The highest BCUT2D eigenvalue weighted by Crippen LogP contribution is 2.29. The van der Waals surface area contributed by atoms with Gasteiger partial charge in [-0.05, 0) is 29.6 Å². The zero-order valence-corrected chi connectivity index (χ0v) is 14.5. The van der Waals surface area contributed by atoms with Gasteiger partial charge in [0.05, 0.1) is 16.0 Å². The van der Waals surface area contributed by atoms with Gasteiger partial charge in [0, 0.05) is 25.4 Å². The molecule has 0 saturated heterocycles. The molecule has 0 fully saturated rings. The molecule has 10 heteroatoms. The van der Waals surface area contributed by atoms with Crippen molar-refractivity contribution in [1.29, 1.82) is 0 Å². The van der Waals surface area contributed by atoms with Crippen LogP contribution in [-0.4, -0.2) is 31.4 Å². The van der Waals surface area contributed by atoms with Gasteiger partial charge in [-0.15, -0.1) is 11.3 Å². The first-order valence-electron chi connectivity index (χ1n) is 7.28. The van der Waals surface area contributed by atoms with E-state index in [0.29, 0.717) is 23.1 Å². The molecule has 0 aliphatic heterocycles. The van der Waals surface area contributed by atoms with Gasteiger partial charge in [0.15, 0.2) is 0 Å². The first-order valence-corrected chi connectivity index (χ1v) is 9.64. The number of aromatic nitrogens is 1. The standard InChI is InChI=1S/C15H14N4O4S2/c20-19(21)13-6-5-12(15-11(13)3-1-7-17-15)16-8-9-18-25(22,23)14-4-2-10-24-14/h1-7,10,16,18H,8-9H2. The topological polar surface area (TPSA) is 114 Å². The Morgan fingerprint density at radius 3 is 2.72 bits per heavy atom. The normalized spacial score (nSPS) is 11.5. The highest BCUT2D eigenvalue weighted by Gasteiger charge is 2.16. The number of anilines is 1. The SMILES string of the molecule is O=[N+]([O-])c1ccc(NCCNS(=O)(=O)c2cccs2)c2ncccc12. The van der Waals surface area contributed by atoms with E-state index in [1.165, 1.54) is 12.1 Å². The molecule has 1 aromatic carbocycles. The van der Waals surface area contributed by atoms with E-state index >= 15 is 0 Å². The van der Waals surface area contributed by atoms with Crippen LogP contribution in [0.2, 0.25) is 0 Å². The summed E-state index contributed by atoms with van der Waals surface area (Å²) in [6, 6.07) is 9.45. The highest BCUT2D eigenvalue weighted by atomic mass is 32.2. The summed E-state index contributed by atoms with van der Waals surface area (Å²) in [7, 11) is -3.51. The molecule has 3 aromatic rings. The van der Waals surface area contributed by atoms with Crippen molar-refractivity contribution in [3.63, 3.8) is 0 Å². The van der Waals surface area contributed by atoms with Crippen LogP contribution in [0.15, 0.2) is 52.2 Å². The van der Waals surface area contributed by atoms with Crippen molar-refractivity contribution >= 4 is 43.6 Å². The van der Waals surface area contributed by atoms with Crippen LogP contribution < -0.4 is 10.0 Å². The molecule has 25 heavy (non-hydrogen) atoms. The minimum Gasteiger partial charge on any atom is -0.382 e. The van der Waals surface area contributed by atoms with Crippen molar-refractivity contribution in [2.45, 2.75) is 4.21 Å². The number of nitro benzene ring substituents is 1. The second kappa shape index (κ2) is 7.13. The van der Waals surface area contributed by atoms with Crippen LogP contribution in [0.5, 0.6) is 0 Å². The lowest BCUT2D eigenvalue weighted by Crippen LogP contribution is -2.28. The maximum absolute atomic E-state index is 12.0. The van der Waals surface area contributed by atoms with Crippen LogP contribution in [-0.2, 0) is 10.0 Å². The average molecular weight is 378 g/mol. The molecule has 0 atom stereocenters. The number of sulfonamides is 1. The largest absolute Gasteiger partial charge is 0.382 e. The quantitative estimate of drug-likeness (QED) is 0.371. The molecule has 8 nitrogen and oxygen atoms in total. The van der Waals surface area contributed by atoms with Crippen LogP contribution in [0.3, 0.4) is 0 Å². The third-order valence-electron chi connectivity index (χ3n) is 3.44. The van der Waals surface area contributed by atoms with Crippen LogP contribution in [0, 0.1) is 10.1 Å². The molecular weight excluding hydrogens is 364 g/mol. The maximum Gasteiger partial charge on any atom is 0.278 e. The molecule has 0 unspecified atom stereocenters. The number of rotatable bonds is 7. The van der Waals surface area contributed by atoms with Gasteiger partial charge in [0.1, 0.15) is 9.73 Å². The summed E-state index contributed by atoms with van der Waals surface area (Å²) in [5.74, 6) is 0. The molecule has 130 valence electrons. The molecule has 0 amide bonds. The lowest BCUT2D eigenvalue weighted by Gasteiger charge is -2.10. The molecule has 2 N–H and O–H groups in total. The van der Waals surface area contributed by atoms with Gasteiger partial charge in [-0.2, -0.15) is 0 Å². The number of benzene rings is 1.